The molecule has 3 heteroatoms. The van der Waals surface area contributed by atoms with Crippen molar-refractivity contribution in [1.82, 2.24) is 0 Å². The predicted molar refractivity (Wildman–Crippen MR) is 55.4 cm³/mol. The van der Waals surface area contributed by atoms with Gasteiger partial charge in [0.25, 0.3) is 0 Å². The Hall–Kier alpha value is -0.380. The van der Waals surface area contributed by atoms with Crippen LogP contribution in [-0.4, -0.2) is 5.11 Å². The summed E-state index contributed by atoms with van der Waals surface area (Å²) < 4.78 is 2.38. The minimum atomic E-state index is 0.114. The number of benzene rings is 1. The molecule has 1 nitrogen and oxygen atoms in total. The van der Waals surface area contributed by atoms with Gasteiger partial charge in [0, 0.05) is 4.70 Å². The Morgan fingerprint density at radius 1 is 1.33 bits per heavy atom. The van der Waals surface area contributed by atoms with E-state index >= 15 is 0 Å². The van der Waals surface area contributed by atoms with Crippen molar-refractivity contribution in [3.63, 3.8) is 0 Å². The van der Waals surface area contributed by atoms with E-state index in [0.29, 0.717) is 0 Å². The van der Waals surface area contributed by atoms with Crippen molar-refractivity contribution in [2.45, 2.75) is 6.61 Å². The van der Waals surface area contributed by atoms with Crippen molar-refractivity contribution >= 4 is 37.4 Å². The van der Waals surface area contributed by atoms with Crippen molar-refractivity contribution < 1.29 is 5.11 Å². The van der Waals surface area contributed by atoms with E-state index in [1.165, 1.54) is 10.1 Å². The van der Waals surface area contributed by atoms with Gasteiger partial charge in [0.05, 0.1) is 10.4 Å². The molecule has 0 atom stereocenters. The summed E-state index contributed by atoms with van der Waals surface area (Å²) in [7, 11) is 0. The highest BCUT2D eigenvalue weighted by molar-refractivity contribution is 9.11. The summed E-state index contributed by atoms with van der Waals surface area (Å²) in [4.78, 5) is 0. The van der Waals surface area contributed by atoms with E-state index < -0.39 is 0 Å². The van der Waals surface area contributed by atoms with Crippen molar-refractivity contribution in [2.75, 3.05) is 0 Å². The first-order valence-corrected chi connectivity index (χ1v) is 5.19. The molecule has 2 rings (SSSR count). The number of halogens is 1. The van der Waals surface area contributed by atoms with E-state index in [4.69, 9.17) is 5.11 Å². The molecule has 0 radical (unpaired) electrons. The lowest BCUT2D eigenvalue weighted by atomic mass is 10.2. The van der Waals surface area contributed by atoms with Crippen LogP contribution in [0.5, 0.6) is 0 Å². The number of hydrogen-bond acceptors (Lipinski definition) is 2. The average Bonchev–Trinajstić information content (AvgIpc) is 2.43. The molecule has 0 spiro atoms. The minimum absolute atomic E-state index is 0.114. The van der Waals surface area contributed by atoms with Crippen LogP contribution in [0.2, 0.25) is 0 Å². The summed E-state index contributed by atoms with van der Waals surface area (Å²) in [6.45, 7) is 0.114. The molecule has 0 amide bonds. The second-order valence-electron chi connectivity index (χ2n) is 2.58. The van der Waals surface area contributed by atoms with Crippen LogP contribution >= 0.6 is 27.3 Å². The molecule has 62 valence electrons. The summed E-state index contributed by atoms with van der Waals surface area (Å²) in [5, 5.41) is 10.1. The molecule has 0 aliphatic heterocycles. The maximum absolute atomic E-state index is 8.90. The molecule has 12 heavy (non-hydrogen) atoms. The lowest BCUT2D eigenvalue weighted by Gasteiger charge is -1.93. The molecular weight excluding hydrogens is 236 g/mol. The lowest BCUT2D eigenvalue weighted by molar-refractivity contribution is 0.282. The van der Waals surface area contributed by atoms with Gasteiger partial charge in [-0.2, -0.15) is 0 Å². The third-order valence-corrected chi connectivity index (χ3v) is 3.35. The fourth-order valence-electron chi connectivity index (χ4n) is 1.16. The molecule has 0 fully saturated rings. The second-order valence-corrected chi connectivity index (χ2v) is 5.04. The Balaban J connectivity index is 2.66. The smallest absolute Gasteiger partial charge is 0.0711 e. The maximum Gasteiger partial charge on any atom is 0.0711 e. The molecule has 1 aromatic heterocycles. The van der Waals surface area contributed by atoms with Gasteiger partial charge in [-0.25, -0.2) is 0 Å². The molecule has 0 saturated carbocycles. The van der Waals surface area contributed by atoms with Crippen LogP contribution in [0.4, 0.5) is 0 Å². The third-order valence-electron chi connectivity index (χ3n) is 1.73. The highest BCUT2D eigenvalue weighted by Crippen LogP contribution is 2.30. The zero-order chi connectivity index (χ0) is 8.55. The number of fused-ring (bicyclic) bond motifs is 1. The second kappa shape index (κ2) is 3.17. The molecule has 0 aliphatic carbocycles. The predicted octanol–water partition coefficient (Wildman–Crippen LogP) is 3.16. The van der Waals surface area contributed by atoms with Crippen LogP contribution in [0.15, 0.2) is 28.1 Å². The first-order valence-electron chi connectivity index (χ1n) is 3.58. The first-order chi connectivity index (χ1) is 5.79. The summed E-state index contributed by atoms with van der Waals surface area (Å²) in [5.41, 5.74) is 0.966. The molecule has 0 unspecified atom stereocenters. The largest absolute Gasteiger partial charge is 0.392 e. The Morgan fingerprint density at radius 3 is 2.92 bits per heavy atom. The van der Waals surface area contributed by atoms with Crippen molar-refractivity contribution in [1.29, 1.82) is 0 Å². The van der Waals surface area contributed by atoms with Crippen LogP contribution in [0, 0.1) is 0 Å². The lowest BCUT2D eigenvalue weighted by Crippen LogP contribution is -1.79. The van der Waals surface area contributed by atoms with Gasteiger partial charge in [-0.15, -0.1) is 11.3 Å². The highest BCUT2D eigenvalue weighted by Gasteiger charge is 1.99. The number of hydrogen-bond donors (Lipinski definition) is 1. The monoisotopic (exact) mass is 242 g/mol. The van der Waals surface area contributed by atoms with Crippen molar-refractivity contribution in [2.24, 2.45) is 0 Å². The number of aliphatic hydroxyl groups is 1. The molecule has 0 aliphatic rings. The summed E-state index contributed by atoms with van der Waals surface area (Å²) in [5.74, 6) is 0. The van der Waals surface area contributed by atoms with E-state index in [1.807, 2.05) is 18.2 Å². The zero-order valence-electron chi connectivity index (χ0n) is 6.25. The van der Waals surface area contributed by atoms with E-state index in [1.54, 1.807) is 11.3 Å². The normalized spacial score (nSPS) is 10.8. The van der Waals surface area contributed by atoms with Crippen LogP contribution < -0.4 is 0 Å². The molecule has 1 heterocycles. The number of thiophene rings is 1. The van der Waals surface area contributed by atoms with E-state index in [0.717, 1.165) is 9.35 Å². The van der Waals surface area contributed by atoms with Gasteiger partial charge in [0.2, 0.25) is 0 Å². The third kappa shape index (κ3) is 1.40. The van der Waals surface area contributed by atoms with Gasteiger partial charge in [-0.3, -0.25) is 0 Å². The van der Waals surface area contributed by atoms with Crippen LogP contribution in [0.3, 0.4) is 0 Å². The van der Waals surface area contributed by atoms with Gasteiger partial charge in [-0.1, -0.05) is 6.07 Å². The number of rotatable bonds is 1. The summed E-state index contributed by atoms with van der Waals surface area (Å²) in [6, 6.07) is 8.07. The zero-order valence-corrected chi connectivity index (χ0v) is 8.65. The van der Waals surface area contributed by atoms with Gasteiger partial charge in [0.1, 0.15) is 0 Å². The summed E-state index contributed by atoms with van der Waals surface area (Å²) >= 11 is 5.13. The molecule has 0 saturated heterocycles. The van der Waals surface area contributed by atoms with Gasteiger partial charge in [0.15, 0.2) is 0 Å². The molecule has 1 aromatic carbocycles. The van der Waals surface area contributed by atoms with E-state index in [2.05, 4.69) is 22.0 Å². The SMILES string of the molecule is OCc1ccc2sc(Br)cc2c1. The van der Waals surface area contributed by atoms with Crippen molar-refractivity contribution in [3.05, 3.63) is 33.6 Å². The Bertz CT molecular complexity index is 408. The average molecular weight is 243 g/mol. The maximum atomic E-state index is 8.90. The van der Waals surface area contributed by atoms with Crippen LogP contribution in [-0.2, 0) is 6.61 Å². The Kier molecular flexibility index (Phi) is 2.17. The number of aliphatic hydroxyl groups excluding tert-OH is 1. The Labute approximate surface area is 82.8 Å². The molecule has 1 N–H and O–H groups in total. The van der Waals surface area contributed by atoms with Gasteiger partial charge >= 0.3 is 0 Å². The minimum Gasteiger partial charge on any atom is -0.392 e. The topological polar surface area (TPSA) is 20.2 Å². The van der Waals surface area contributed by atoms with Crippen LogP contribution in [0.1, 0.15) is 5.56 Å². The van der Waals surface area contributed by atoms with E-state index in [9.17, 15) is 0 Å². The van der Waals surface area contributed by atoms with Gasteiger partial charge < -0.3 is 5.11 Å². The Morgan fingerprint density at radius 2 is 2.17 bits per heavy atom. The molecular formula is C9H7BrOS. The fraction of sp³-hybridized carbons (Fsp3) is 0.111. The first kappa shape index (κ1) is 8.23. The van der Waals surface area contributed by atoms with Gasteiger partial charge in [-0.05, 0) is 45.1 Å². The summed E-state index contributed by atoms with van der Waals surface area (Å²) in [6.07, 6.45) is 0. The standard InChI is InChI=1S/C9H7BrOS/c10-9-4-7-3-6(5-11)1-2-8(7)12-9/h1-4,11H,5H2. The highest BCUT2D eigenvalue weighted by atomic mass is 79.9. The quantitative estimate of drug-likeness (QED) is 0.815. The van der Waals surface area contributed by atoms with Crippen molar-refractivity contribution in [3.8, 4) is 0 Å². The van der Waals surface area contributed by atoms with Crippen LogP contribution in [0.25, 0.3) is 10.1 Å². The molecule has 0 bridgehead atoms. The fourth-order valence-corrected chi connectivity index (χ4v) is 2.70. The van der Waals surface area contributed by atoms with E-state index in [-0.39, 0.29) is 6.61 Å². The molecule has 2 aromatic rings.